The van der Waals surface area contributed by atoms with Crippen LogP contribution in [-0.4, -0.2) is 33.4 Å². The molecule has 0 spiro atoms. The summed E-state index contributed by atoms with van der Waals surface area (Å²) in [5, 5.41) is 2.66. The number of aromatic nitrogens is 2. The van der Waals surface area contributed by atoms with Gasteiger partial charge in [0.2, 0.25) is 5.91 Å². The molecule has 0 radical (unpaired) electrons. The van der Waals surface area contributed by atoms with Crippen LogP contribution < -0.4 is 15.8 Å². The normalized spacial score (nSPS) is 11.5. The number of nitrogens with two attached hydrogens (primary N) is 1. The van der Waals surface area contributed by atoms with E-state index in [0.717, 1.165) is 11.4 Å². The third-order valence-corrected chi connectivity index (χ3v) is 4.66. The summed E-state index contributed by atoms with van der Waals surface area (Å²) in [6.07, 6.45) is 3.56. The standard InChI is InChI=1S/C22H25N5O3/c1-26-12-11-24-20(26)15-27(2)21(28)14-19(25-22(23)29)16-7-6-10-18(13-16)30-17-8-4-3-5-9-17/h3-13,19H,14-15H2,1-2H3,(H3,23,25,29). The molecule has 0 fully saturated rings. The number of carbonyl (C=O) groups is 2. The van der Waals surface area contributed by atoms with Gasteiger partial charge in [0.05, 0.1) is 19.0 Å². The fraction of sp³-hybridized carbons (Fsp3) is 0.227. The van der Waals surface area contributed by atoms with Crippen LogP contribution in [0.1, 0.15) is 23.9 Å². The van der Waals surface area contributed by atoms with E-state index in [1.54, 1.807) is 24.2 Å². The lowest BCUT2D eigenvalue weighted by molar-refractivity contribution is -0.131. The fourth-order valence-electron chi connectivity index (χ4n) is 3.02. The van der Waals surface area contributed by atoms with Gasteiger partial charge in [-0.1, -0.05) is 30.3 Å². The molecular weight excluding hydrogens is 382 g/mol. The second-order valence-corrected chi connectivity index (χ2v) is 6.96. The Morgan fingerprint density at radius 2 is 1.90 bits per heavy atom. The predicted octanol–water partition coefficient (Wildman–Crippen LogP) is 2.97. The first-order valence-corrected chi connectivity index (χ1v) is 9.51. The number of amides is 3. The van der Waals surface area contributed by atoms with E-state index in [4.69, 9.17) is 10.5 Å². The molecule has 3 aromatic rings. The maximum Gasteiger partial charge on any atom is 0.312 e. The molecular formula is C22H25N5O3. The number of imidazole rings is 1. The van der Waals surface area contributed by atoms with Crippen molar-refractivity contribution in [2.45, 2.75) is 19.0 Å². The average Bonchev–Trinajstić information content (AvgIpc) is 3.12. The number of nitrogens with one attached hydrogen (secondary N) is 1. The summed E-state index contributed by atoms with van der Waals surface area (Å²) in [6, 6.07) is 15.3. The third kappa shape index (κ3) is 5.60. The number of ether oxygens (including phenoxy) is 1. The summed E-state index contributed by atoms with van der Waals surface area (Å²) in [4.78, 5) is 30.2. The highest BCUT2D eigenvalue weighted by molar-refractivity contribution is 5.78. The van der Waals surface area contributed by atoms with Crippen LogP contribution in [-0.2, 0) is 18.4 Å². The Labute approximate surface area is 175 Å². The molecule has 156 valence electrons. The summed E-state index contributed by atoms with van der Waals surface area (Å²) in [5.41, 5.74) is 6.08. The van der Waals surface area contributed by atoms with E-state index in [0.29, 0.717) is 18.0 Å². The van der Waals surface area contributed by atoms with Crippen LogP contribution in [0.15, 0.2) is 67.0 Å². The Bertz CT molecular complexity index is 1000. The first kappa shape index (κ1) is 20.9. The zero-order chi connectivity index (χ0) is 21.5. The van der Waals surface area contributed by atoms with Crippen LogP contribution in [0.3, 0.4) is 0 Å². The van der Waals surface area contributed by atoms with Crippen LogP contribution >= 0.6 is 0 Å². The maximum atomic E-state index is 12.8. The van der Waals surface area contributed by atoms with Crippen molar-refractivity contribution in [1.82, 2.24) is 19.8 Å². The van der Waals surface area contributed by atoms with E-state index < -0.39 is 12.1 Å². The highest BCUT2D eigenvalue weighted by atomic mass is 16.5. The molecule has 30 heavy (non-hydrogen) atoms. The molecule has 0 bridgehead atoms. The summed E-state index contributed by atoms with van der Waals surface area (Å²) >= 11 is 0. The Kier molecular flexibility index (Phi) is 6.69. The lowest BCUT2D eigenvalue weighted by Gasteiger charge is -2.22. The van der Waals surface area contributed by atoms with Crippen molar-refractivity contribution in [2.75, 3.05) is 7.05 Å². The molecule has 0 saturated heterocycles. The van der Waals surface area contributed by atoms with Gasteiger partial charge in [0.25, 0.3) is 0 Å². The number of rotatable bonds is 8. The van der Waals surface area contributed by atoms with Crippen molar-refractivity contribution in [3.63, 3.8) is 0 Å². The van der Waals surface area contributed by atoms with Gasteiger partial charge < -0.3 is 25.3 Å². The lowest BCUT2D eigenvalue weighted by Crippen LogP contribution is -2.37. The fourth-order valence-corrected chi connectivity index (χ4v) is 3.02. The molecule has 1 atom stereocenters. The van der Waals surface area contributed by atoms with Crippen LogP contribution in [0.25, 0.3) is 0 Å². The Hall–Kier alpha value is -3.81. The molecule has 8 nitrogen and oxygen atoms in total. The third-order valence-electron chi connectivity index (χ3n) is 4.66. The number of aryl methyl sites for hydroxylation is 1. The van der Waals surface area contributed by atoms with Crippen LogP contribution in [0.2, 0.25) is 0 Å². The molecule has 0 saturated carbocycles. The summed E-state index contributed by atoms with van der Waals surface area (Å²) < 4.78 is 7.71. The molecule has 1 aromatic heterocycles. The van der Waals surface area contributed by atoms with E-state index in [2.05, 4.69) is 10.3 Å². The van der Waals surface area contributed by atoms with Crippen molar-refractivity contribution in [3.05, 3.63) is 78.4 Å². The first-order valence-electron chi connectivity index (χ1n) is 9.51. The van der Waals surface area contributed by atoms with Crippen LogP contribution in [0.5, 0.6) is 11.5 Å². The van der Waals surface area contributed by atoms with Gasteiger partial charge in [-0.15, -0.1) is 0 Å². The van der Waals surface area contributed by atoms with E-state index >= 15 is 0 Å². The topological polar surface area (TPSA) is 102 Å². The molecule has 1 heterocycles. The second-order valence-electron chi connectivity index (χ2n) is 6.96. The van der Waals surface area contributed by atoms with Crippen LogP contribution in [0.4, 0.5) is 4.79 Å². The minimum atomic E-state index is -0.700. The summed E-state index contributed by atoms with van der Waals surface area (Å²) in [7, 11) is 3.57. The van der Waals surface area contributed by atoms with Crippen molar-refractivity contribution >= 4 is 11.9 Å². The monoisotopic (exact) mass is 407 g/mol. The summed E-state index contributed by atoms with van der Waals surface area (Å²) in [5.74, 6) is 1.92. The lowest BCUT2D eigenvalue weighted by atomic mass is 10.0. The number of hydrogen-bond donors (Lipinski definition) is 2. The minimum Gasteiger partial charge on any atom is -0.457 e. The quantitative estimate of drug-likeness (QED) is 0.599. The minimum absolute atomic E-state index is 0.0542. The largest absolute Gasteiger partial charge is 0.457 e. The van der Waals surface area contributed by atoms with Gasteiger partial charge >= 0.3 is 6.03 Å². The number of nitrogens with zero attached hydrogens (tertiary/aromatic N) is 3. The van der Waals surface area contributed by atoms with E-state index in [1.165, 1.54) is 0 Å². The second kappa shape index (κ2) is 9.60. The average molecular weight is 407 g/mol. The van der Waals surface area contributed by atoms with Gasteiger partial charge in [-0.2, -0.15) is 0 Å². The molecule has 0 aliphatic carbocycles. The molecule has 3 rings (SSSR count). The van der Waals surface area contributed by atoms with E-state index in [-0.39, 0.29) is 12.3 Å². The van der Waals surface area contributed by atoms with Gasteiger partial charge in [-0.25, -0.2) is 9.78 Å². The molecule has 0 aliphatic rings. The maximum absolute atomic E-state index is 12.8. The predicted molar refractivity (Wildman–Crippen MR) is 113 cm³/mol. The SMILES string of the molecule is CN(Cc1nccn1C)C(=O)CC(NC(N)=O)c1cccc(Oc2ccccc2)c1. The van der Waals surface area contributed by atoms with E-state index in [1.807, 2.05) is 66.3 Å². The molecule has 2 aromatic carbocycles. The molecule has 3 amide bonds. The highest BCUT2D eigenvalue weighted by Gasteiger charge is 2.21. The number of urea groups is 1. The van der Waals surface area contributed by atoms with E-state index in [9.17, 15) is 9.59 Å². The van der Waals surface area contributed by atoms with Gasteiger partial charge in [0.1, 0.15) is 17.3 Å². The molecule has 0 aliphatic heterocycles. The molecule has 3 N–H and O–H groups in total. The number of benzene rings is 2. The highest BCUT2D eigenvalue weighted by Crippen LogP contribution is 2.26. The number of carbonyl (C=O) groups excluding carboxylic acids is 2. The van der Waals surface area contributed by atoms with Gasteiger partial charge in [0.15, 0.2) is 0 Å². The Morgan fingerprint density at radius 3 is 2.57 bits per heavy atom. The zero-order valence-corrected chi connectivity index (χ0v) is 17.0. The number of hydrogen-bond acceptors (Lipinski definition) is 4. The smallest absolute Gasteiger partial charge is 0.312 e. The van der Waals surface area contributed by atoms with Crippen molar-refractivity contribution in [1.29, 1.82) is 0 Å². The van der Waals surface area contributed by atoms with Crippen molar-refractivity contribution < 1.29 is 14.3 Å². The zero-order valence-electron chi connectivity index (χ0n) is 17.0. The molecule has 1 unspecified atom stereocenters. The molecule has 8 heteroatoms. The van der Waals surface area contributed by atoms with Crippen molar-refractivity contribution in [2.24, 2.45) is 12.8 Å². The van der Waals surface area contributed by atoms with Crippen molar-refractivity contribution in [3.8, 4) is 11.5 Å². The van der Waals surface area contributed by atoms with Gasteiger partial charge in [-0.3, -0.25) is 4.79 Å². The Balaban J connectivity index is 1.73. The van der Waals surface area contributed by atoms with Gasteiger partial charge in [0, 0.05) is 26.5 Å². The Morgan fingerprint density at radius 1 is 1.17 bits per heavy atom. The van der Waals surface area contributed by atoms with Crippen LogP contribution in [0, 0.1) is 0 Å². The van der Waals surface area contributed by atoms with Gasteiger partial charge in [-0.05, 0) is 29.8 Å². The number of para-hydroxylation sites is 1. The first-order chi connectivity index (χ1) is 14.4. The number of primary amides is 1. The summed E-state index contributed by atoms with van der Waals surface area (Å²) in [6.45, 7) is 0.364.